The molecule has 1 aliphatic rings. The van der Waals surface area contributed by atoms with Crippen molar-refractivity contribution in [3.63, 3.8) is 0 Å². The lowest BCUT2D eigenvalue weighted by Gasteiger charge is -2.26. The zero-order chi connectivity index (χ0) is 16.1. The summed E-state index contributed by atoms with van der Waals surface area (Å²) in [5.74, 6) is 0.612. The minimum atomic E-state index is -0.925. The van der Waals surface area contributed by atoms with E-state index in [1.807, 2.05) is 12.1 Å². The predicted octanol–water partition coefficient (Wildman–Crippen LogP) is 2.43. The number of ether oxygens (including phenoxy) is 1. The number of nitrogens with zero attached hydrogens (tertiary/aromatic N) is 2. The van der Waals surface area contributed by atoms with Gasteiger partial charge in [-0.05, 0) is 23.8 Å². The highest BCUT2D eigenvalue weighted by Crippen LogP contribution is 2.18. The second kappa shape index (κ2) is 7.11. The van der Waals surface area contributed by atoms with E-state index in [1.165, 1.54) is 0 Å². The second-order valence-electron chi connectivity index (χ2n) is 5.25. The van der Waals surface area contributed by atoms with Gasteiger partial charge in [0, 0.05) is 19.2 Å². The summed E-state index contributed by atoms with van der Waals surface area (Å²) < 4.78 is 11.1. The van der Waals surface area contributed by atoms with Crippen LogP contribution < -0.4 is 4.90 Å². The molecular weight excluding hydrogens is 296 g/mol. The van der Waals surface area contributed by atoms with Crippen molar-refractivity contribution in [2.24, 2.45) is 4.99 Å². The maximum Gasteiger partial charge on any atom is 0.335 e. The van der Waals surface area contributed by atoms with E-state index in [-0.39, 0.29) is 5.56 Å². The van der Waals surface area contributed by atoms with Gasteiger partial charge in [-0.15, -0.1) is 0 Å². The van der Waals surface area contributed by atoms with Crippen LogP contribution in [-0.2, 0) is 11.3 Å². The van der Waals surface area contributed by atoms with Gasteiger partial charge in [0.05, 0.1) is 31.5 Å². The molecule has 0 bridgehead atoms. The molecule has 1 fully saturated rings. The van der Waals surface area contributed by atoms with E-state index in [2.05, 4.69) is 9.89 Å². The van der Waals surface area contributed by atoms with Crippen LogP contribution >= 0.6 is 0 Å². The van der Waals surface area contributed by atoms with Gasteiger partial charge in [0.1, 0.15) is 5.76 Å². The van der Waals surface area contributed by atoms with Gasteiger partial charge in [-0.2, -0.15) is 0 Å². The Morgan fingerprint density at radius 1 is 1.17 bits per heavy atom. The number of carboxylic acid groups (broad SMARTS) is 1. The van der Waals surface area contributed by atoms with Crippen LogP contribution in [0.4, 0.5) is 5.88 Å². The molecule has 3 rings (SSSR count). The first kappa shape index (κ1) is 15.3. The third kappa shape index (κ3) is 3.98. The van der Waals surface area contributed by atoms with Gasteiger partial charge in [0.2, 0.25) is 0 Å². The van der Waals surface area contributed by atoms with Crippen LogP contribution in [0, 0.1) is 0 Å². The molecule has 6 nitrogen and oxygen atoms in total. The summed E-state index contributed by atoms with van der Waals surface area (Å²) in [7, 11) is 0. The summed E-state index contributed by atoms with van der Waals surface area (Å²) in [4.78, 5) is 17.3. The number of aliphatic imine (C=N–C) groups is 1. The van der Waals surface area contributed by atoms with Gasteiger partial charge >= 0.3 is 5.97 Å². The summed E-state index contributed by atoms with van der Waals surface area (Å²) in [5, 5.41) is 8.86. The molecule has 2 aromatic rings. The first-order valence-corrected chi connectivity index (χ1v) is 7.47. The summed E-state index contributed by atoms with van der Waals surface area (Å²) in [5.41, 5.74) is 1.23. The molecule has 0 amide bonds. The number of furan rings is 1. The van der Waals surface area contributed by atoms with Crippen molar-refractivity contribution in [1.29, 1.82) is 0 Å². The molecule has 6 heteroatoms. The maximum atomic E-state index is 10.8. The SMILES string of the molecule is O=C(O)c1ccc(CN=Cc2ccc(N3CCOCC3)o2)cc1. The zero-order valence-electron chi connectivity index (χ0n) is 12.6. The highest BCUT2D eigenvalue weighted by atomic mass is 16.5. The van der Waals surface area contributed by atoms with Crippen LogP contribution in [0.5, 0.6) is 0 Å². The number of hydrogen-bond donors (Lipinski definition) is 1. The predicted molar refractivity (Wildman–Crippen MR) is 86.4 cm³/mol. The van der Waals surface area contributed by atoms with Crippen molar-refractivity contribution in [1.82, 2.24) is 0 Å². The molecule has 1 aliphatic heterocycles. The molecule has 0 spiro atoms. The van der Waals surface area contributed by atoms with E-state index in [0.29, 0.717) is 12.3 Å². The Morgan fingerprint density at radius 2 is 1.91 bits per heavy atom. The van der Waals surface area contributed by atoms with Crippen molar-refractivity contribution in [2.45, 2.75) is 6.54 Å². The number of carboxylic acids is 1. The standard InChI is InChI=1S/C17H18N2O4/c20-17(21)14-3-1-13(2-4-14)11-18-12-15-5-6-16(23-15)19-7-9-22-10-8-19/h1-6,12H,7-11H2,(H,20,21). The second-order valence-corrected chi connectivity index (χ2v) is 5.25. The quantitative estimate of drug-likeness (QED) is 0.858. The molecule has 1 aromatic heterocycles. The van der Waals surface area contributed by atoms with Gasteiger partial charge in [-0.1, -0.05) is 12.1 Å². The summed E-state index contributed by atoms with van der Waals surface area (Å²) in [6.45, 7) is 3.58. The highest BCUT2D eigenvalue weighted by molar-refractivity contribution is 5.87. The van der Waals surface area contributed by atoms with E-state index >= 15 is 0 Å². The van der Waals surface area contributed by atoms with Crippen molar-refractivity contribution >= 4 is 18.1 Å². The van der Waals surface area contributed by atoms with Gasteiger partial charge < -0.3 is 19.2 Å². The number of hydrogen-bond acceptors (Lipinski definition) is 5. The Hall–Kier alpha value is -2.60. The minimum absolute atomic E-state index is 0.277. The Labute approximate surface area is 134 Å². The molecule has 1 aromatic carbocycles. The van der Waals surface area contributed by atoms with E-state index in [9.17, 15) is 4.79 Å². The van der Waals surface area contributed by atoms with Crippen molar-refractivity contribution in [3.05, 3.63) is 53.3 Å². The molecule has 0 saturated carbocycles. The summed E-state index contributed by atoms with van der Waals surface area (Å²) in [6, 6.07) is 10.5. The largest absolute Gasteiger partial charge is 0.478 e. The highest BCUT2D eigenvalue weighted by Gasteiger charge is 2.13. The Morgan fingerprint density at radius 3 is 2.61 bits per heavy atom. The lowest BCUT2D eigenvalue weighted by molar-refractivity contribution is 0.0697. The Bertz CT molecular complexity index is 685. The monoisotopic (exact) mass is 314 g/mol. The number of rotatable bonds is 5. The first-order chi connectivity index (χ1) is 11.2. The summed E-state index contributed by atoms with van der Waals surface area (Å²) in [6.07, 6.45) is 1.69. The van der Waals surface area contributed by atoms with E-state index in [1.54, 1.807) is 30.5 Å². The molecule has 1 N–H and O–H groups in total. The van der Waals surface area contributed by atoms with Crippen molar-refractivity contribution in [3.8, 4) is 0 Å². The number of anilines is 1. The fourth-order valence-corrected chi connectivity index (χ4v) is 2.36. The van der Waals surface area contributed by atoms with Crippen molar-refractivity contribution < 1.29 is 19.1 Å². The number of carbonyl (C=O) groups is 1. The first-order valence-electron chi connectivity index (χ1n) is 7.47. The lowest BCUT2D eigenvalue weighted by Crippen LogP contribution is -2.35. The average molecular weight is 314 g/mol. The van der Waals surface area contributed by atoms with E-state index in [0.717, 1.165) is 37.8 Å². The van der Waals surface area contributed by atoms with Crippen LogP contribution in [0.15, 0.2) is 45.8 Å². The van der Waals surface area contributed by atoms with Gasteiger partial charge in [0.15, 0.2) is 5.88 Å². The molecule has 120 valence electrons. The van der Waals surface area contributed by atoms with Gasteiger partial charge in [-0.25, -0.2) is 4.79 Å². The molecule has 0 atom stereocenters. The zero-order valence-corrected chi connectivity index (χ0v) is 12.6. The maximum absolute atomic E-state index is 10.8. The average Bonchev–Trinajstić information content (AvgIpc) is 3.05. The molecular formula is C17H18N2O4. The molecule has 0 aliphatic carbocycles. The van der Waals surface area contributed by atoms with Crippen LogP contribution in [0.3, 0.4) is 0 Å². The molecule has 0 radical (unpaired) electrons. The summed E-state index contributed by atoms with van der Waals surface area (Å²) >= 11 is 0. The Kier molecular flexibility index (Phi) is 4.73. The van der Waals surface area contributed by atoms with Gasteiger partial charge in [0.25, 0.3) is 0 Å². The van der Waals surface area contributed by atoms with Gasteiger partial charge in [-0.3, -0.25) is 4.99 Å². The number of aromatic carboxylic acids is 1. The third-order valence-corrected chi connectivity index (χ3v) is 3.63. The minimum Gasteiger partial charge on any atom is -0.478 e. The fraction of sp³-hybridized carbons (Fsp3) is 0.294. The molecule has 0 unspecified atom stereocenters. The lowest BCUT2D eigenvalue weighted by atomic mass is 10.1. The Balaban J connectivity index is 1.57. The van der Waals surface area contributed by atoms with Crippen molar-refractivity contribution in [2.75, 3.05) is 31.2 Å². The molecule has 1 saturated heterocycles. The number of morpholine rings is 1. The molecule has 2 heterocycles. The smallest absolute Gasteiger partial charge is 0.335 e. The van der Waals surface area contributed by atoms with E-state index < -0.39 is 5.97 Å². The molecule has 23 heavy (non-hydrogen) atoms. The number of benzene rings is 1. The normalized spacial score (nSPS) is 15.2. The van der Waals surface area contributed by atoms with Crippen LogP contribution in [0.2, 0.25) is 0 Å². The van der Waals surface area contributed by atoms with E-state index in [4.69, 9.17) is 14.3 Å². The third-order valence-electron chi connectivity index (χ3n) is 3.63. The topological polar surface area (TPSA) is 75.3 Å². The van der Waals surface area contributed by atoms with Crippen LogP contribution in [-0.4, -0.2) is 43.6 Å². The van der Waals surface area contributed by atoms with Crippen LogP contribution in [0.25, 0.3) is 0 Å². The fourth-order valence-electron chi connectivity index (χ4n) is 2.36. The van der Waals surface area contributed by atoms with Crippen LogP contribution in [0.1, 0.15) is 21.7 Å².